The van der Waals surface area contributed by atoms with Gasteiger partial charge in [0.25, 0.3) is 0 Å². The van der Waals surface area contributed by atoms with Crippen molar-refractivity contribution in [1.82, 2.24) is 10.6 Å². The lowest BCUT2D eigenvalue weighted by Crippen LogP contribution is -2.38. The Labute approximate surface area is 146 Å². The number of phenolic OH excluding ortho intramolecular Hbond substituents is 1. The number of aryl methyl sites for hydroxylation is 1. The topological polar surface area (TPSA) is 76.9 Å². The van der Waals surface area contributed by atoms with Gasteiger partial charge in [-0.05, 0) is 56.2 Å². The molecule has 24 heavy (non-hydrogen) atoms. The van der Waals surface area contributed by atoms with Crippen molar-refractivity contribution in [2.24, 2.45) is 10.9 Å². The van der Waals surface area contributed by atoms with Crippen LogP contribution >= 0.6 is 0 Å². The number of hydrogen-bond acceptors (Lipinski definition) is 3. The Morgan fingerprint density at radius 1 is 1.12 bits per heavy atom. The van der Waals surface area contributed by atoms with Gasteiger partial charge >= 0.3 is 0 Å². The molecule has 5 heteroatoms. The van der Waals surface area contributed by atoms with Crippen LogP contribution in [0.25, 0.3) is 0 Å². The summed E-state index contributed by atoms with van der Waals surface area (Å²) in [6.07, 6.45) is 5.01. The molecule has 0 aliphatic heterocycles. The molecule has 5 nitrogen and oxygen atoms in total. The van der Waals surface area contributed by atoms with Crippen LogP contribution < -0.4 is 10.6 Å². The van der Waals surface area contributed by atoms with Crippen LogP contribution in [-0.2, 0) is 6.42 Å². The molecule has 0 saturated carbocycles. The first-order chi connectivity index (χ1) is 11.7. The number of aliphatic imine (C=N–C) groups is 1. The molecule has 0 bridgehead atoms. The van der Waals surface area contributed by atoms with Gasteiger partial charge in [0.15, 0.2) is 5.96 Å². The molecule has 4 N–H and O–H groups in total. The molecule has 136 valence electrons. The highest BCUT2D eigenvalue weighted by molar-refractivity contribution is 5.79. The number of guanidine groups is 1. The largest absolute Gasteiger partial charge is 0.508 e. The van der Waals surface area contributed by atoms with Gasteiger partial charge in [0.2, 0.25) is 0 Å². The molecule has 1 aromatic rings. The van der Waals surface area contributed by atoms with E-state index >= 15 is 0 Å². The van der Waals surface area contributed by atoms with Crippen LogP contribution in [0.5, 0.6) is 5.75 Å². The maximum absolute atomic E-state index is 9.29. The summed E-state index contributed by atoms with van der Waals surface area (Å²) in [7, 11) is 0. The maximum atomic E-state index is 9.29. The van der Waals surface area contributed by atoms with Crippen molar-refractivity contribution in [3.63, 3.8) is 0 Å². The van der Waals surface area contributed by atoms with Crippen LogP contribution in [0.3, 0.4) is 0 Å². The monoisotopic (exact) mass is 335 g/mol. The molecule has 0 fully saturated rings. The van der Waals surface area contributed by atoms with Gasteiger partial charge in [-0.15, -0.1) is 0 Å². The predicted octanol–water partition coefficient (Wildman–Crippen LogP) is 2.68. The fraction of sp³-hybridized carbons (Fsp3) is 0.632. The smallest absolute Gasteiger partial charge is 0.191 e. The number of aromatic hydroxyl groups is 1. The standard InChI is InChI=1S/C19H33N3O2/c1-3-6-17(12-14-23)15-22-19(20-4-2)21-13-5-7-16-8-10-18(24)11-9-16/h8-11,17,23-24H,3-7,12-15H2,1-2H3,(H2,20,21,22). The zero-order valence-electron chi connectivity index (χ0n) is 15.1. The van der Waals surface area contributed by atoms with Crippen LogP contribution in [0.15, 0.2) is 29.3 Å². The number of nitrogens with one attached hydrogen (secondary N) is 2. The predicted molar refractivity (Wildman–Crippen MR) is 101 cm³/mol. The van der Waals surface area contributed by atoms with Gasteiger partial charge in [-0.2, -0.15) is 0 Å². The van der Waals surface area contributed by atoms with E-state index in [4.69, 9.17) is 5.11 Å². The van der Waals surface area contributed by atoms with Gasteiger partial charge in [0, 0.05) is 26.2 Å². The highest BCUT2D eigenvalue weighted by atomic mass is 16.3. The van der Waals surface area contributed by atoms with Crippen LogP contribution in [0, 0.1) is 5.92 Å². The molecule has 1 atom stereocenters. The quantitative estimate of drug-likeness (QED) is 0.285. The van der Waals surface area contributed by atoms with E-state index in [0.717, 1.165) is 57.7 Å². The Morgan fingerprint density at radius 2 is 1.88 bits per heavy atom. The van der Waals surface area contributed by atoms with Crippen LogP contribution in [0.4, 0.5) is 0 Å². The highest BCUT2D eigenvalue weighted by Gasteiger charge is 2.07. The van der Waals surface area contributed by atoms with Crippen LogP contribution in [0.2, 0.25) is 0 Å². The Bertz CT molecular complexity index is 454. The lowest BCUT2D eigenvalue weighted by Gasteiger charge is -2.15. The number of aliphatic hydroxyl groups excluding tert-OH is 1. The molecule has 1 aromatic carbocycles. The summed E-state index contributed by atoms with van der Waals surface area (Å²) in [6.45, 7) is 6.90. The summed E-state index contributed by atoms with van der Waals surface area (Å²) in [5.74, 6) is 1.61. The van der Waals surface area contributed by atoms with Crippen molar-refractivity contribution >= 4 is 5.96 Å². The molecule has 0 spiro atoms. The van der Waals surface area contributed by atoms with Gasteiger partial charge in [0.05, 0.1) is 0 Å². The van der Waals surface area contributed by atoms with E-state index in [0.29, 0.717) is 11.7 Å². The Hall–Kier alpha value is -1.75. The molecule has 1 rings (SSSR count). The van der Waals surface area contributed by atoms with Crippen LogP contribution in [0.1, 0.15) is 45.1 Å². The minimum absolute atomic E-state index is 0.233. The lowest BCUT2D eigenvalue weighted by atomic mass is 10.0. The van der Waals surface area contributed by atoms with Gasteiger partial charge < -0.3 is 20.8 Å². The molecule has 0 heterocycles. The number of phenols is 1. The summed E-state index contributed by atoms with van der Waals surface area (Å²) in [5, 5.41) is 25.1. The zero-order valence-corrected chi connectivity index (χ0v) is 15.1. The van der Waals surface area contributed by atoms with Gasteiger partial charge in [-0.1, -0.05) is 25.5 Å². The van der Waals surface area contributed by atoms with Gasteiger partial charge in [-0.3, -0.25) is 4.99 Å². The van der Waals surface area contributed by atoms with Crippen molar-refractivity contribution in [1.29, 1.82) is 0 Å². The minimum atomic E-state index is 0.233. The average Bonchev–Trinajstić information content (AvgIpc) is 2.58. The van der Waals surface area contributed by atoms with E-state index in [1.807, 2.05) is 12.1 Å². The number of nitrogens with zero attached hydrogens (tertiary/aromatic N) is 1. The van der Waals surface area contributed by atoms with Crippen LogP contribution in [-0.4, -0.2) is 42.4 Å². The van der Waals surface area contributed by atoms with Crippen molar-refractivity contribution in [2.45, 2.75) is 46.0 Å². The Morgan fingerprint density at radius 3 is 2.50 bits per heavy atom. The first-order valence-corrected chi connectivity index (χ1v) is 9.10. The second-order valence-electron chi connectivity index (χ2n) is 6.08. The molecule has 0 aliphatic carbocycles. The summed E-state index contributed by atoms with van der Waals surface area (Å²) >= 11 is 0. The fourth-order valence-electron chi connectivity index (χ4n) is 2.64. The summed E-state index contributed by atoms with van der Waals surface area (Å²) in [6, 6.07) is 7.37. The Balaban J connectivity index is 2.38. The summed E-state index contributed by atoms with van der Waals surface area (Å²) in [4.78, 5) is 4.66. The van der Waals surface area contributed by atoms with Crippen molar-refractivity contribution in [3.05, 3.63) is 29.8 Å². The van der Waals surface area contributed by atoms with Gasteiger partial charge in [0.1, 0.15) is 5.75 Å². The van der Waals surface area contributed by atoms with Gasteiger partial charge in [-0.25, -0.2) is 0 Å². The lowest BCUT2D eigenvalue weighted by molar-refractivity contribution is 0.253. The molecular formula is C19H33N3O2. The zero-order chi connectivity index (χ0) is 17.6. The molecule has 0 saturated heterocycles. The summed E-state index contributed by atoms with van der Waals surface area (Å²) in [5.41, 5.74) is 1.22. The SMILES string of the molecule is CCCC(CCO)CN=C(NCC)NCCCc1ccc(O)cc1. The second-order valence-corrected chi connectivity index (χ2v) is 6.08. The van der Waals surface area contributed by atoms with E-state index in [-0.39, 0.29) is 6.61 Å². The number of aliphatic hydroxyl groups is 1. The van der Waals surface area contributed by atoms with E-state index < -0.39 is 0 Å². The van der Waals surface area contributed by atoms with E-state index in [1.54, 1.807) is 12.1 Å². The second kappa shape index (κ2) is 12.6. The number of rotatable bonds is 11. The Kier molecular flexibility index (Phi) is 10.7. The van der Waals surface area contributed by atoms with E-state index in [1.165, 1.54) is 5.56 Å². The average molecular weight is 335 g/mol. The van der Waals surface area contributed by atoms with Crippen molar-refractivity contribution in [3.8, 4) is 5.75 Å². The van der Waals surface area contributed by atoms with Crippen molar-refractivity contribution in [2.75, 3.05) is 26.2 Å². The highest BCUT2D eigenvalue weighted by Crippen LogP contribution is 2.11. The molecule has 0 aliphatic rings. The normalized spacial score (nSPS) is 12.9. The fourth-order valence-corrected chi connectivity index (χ4v) is 2.64. The molecule has 0 radical (unpaired) electrons. The number of benzene rings is 1. The molecule has 0 aromatic heterocycles. The third-order valence-corrected chi connectivity index (χ3v) is 3.96. The van der Waals surface area contributed by atoms with E-state index in [2.05, 4.69) is 29.5 Å². The third kappa shape index (κ3) is 8.77. The first-order valence-electron chi connectivity index (χ1n) is 9.10. The van der Waals surface area contributed by atoms with E-state index in [9.17, 15) is 5.11 Å². The number of hydrogen-bond donors (Lipinski definition) is 4. The molecule has 1 unspecified atom stereocenters. The van der Waals surface area contributed by atoms with Crippen molar-refractivity contribution < 1.29 is 10.2 Å². The minimum Gasteiger partial charge on any atom is -0.508 e. The summed E-state index contributed by atoms with van der Waals surface area (Å²) < 4.78 is 0. The molecular weight excluding hydrogens is 302 g/mol. The third-order valence-electron chi connectivity index (χ3n) is 3.96. The first kappa shape index (κ1) is 20.3. The molecule has 0 amide bonds. The maximum Gasteiger partial charge on any atom is 0.191 e.